The normalized spacial score (nSPS) is 16.3. The number of piperidine rings is 1. The van der Waals surface area contributed by atoms with Crippen molar-refractivity contribution in [1.82, 2.24) is 9.62 Å². The van der Waals surface area contributed by atoms with Crippen LogP contribution in [0.1, 0.15) is 44.6 Å². The maximum atomic E-state index is 12.3. The highest BCUT2D eigenvalue weighted by Gasteiger charge is 2.25. The van der Waals surface area contributed by atoms with Gasteiger partial charge in [-0.2, -0.15) is 0 Å². The molecule has 1 aromatic carbocycles. The van der Waals surface area contributed by atoms with Gasteiger partial charge >= 0.3 is 0 Å². The van der Waals surface area contributed by atoms with E-state index in [0.717, 1.165) is 12.8 Å². The molecule has 6 heteroatoms. The first kappa shape index (κ1) is 18.9. The van der Waals surface area contributed by atoms with Crippen LogP contribution in [0.3, 0.4) is 0 Å². The average Bonchev–Trinajstić information content (AvgIpc) is 2.59. The lowest BCUT2D eigenvalue weighted by molar-refractivity contribution is -0.132. The van der Waals surface area contributed by atoms with Gasteiger partial charge in [0.25, 0.3) is 0 Å². The quantitative estimate of drug-likeness (QED) is 0.781. The summed E-state index contributed by atoms with van der Waals surface area (Å²) >= 11 is 0. The Kier molecular flexibility index (Phi) is 7.24. The summed E-state index contributed by atoms with van der Waals surface area (Å²) in [5.74, 6) is 0.353. The molecular weight excluding hydrogens is 324 g/mol. The number of unbranched alkanes of at least 4 members (excludes halogenated alkanes) is 1. The summed E-state index contributed by atoms with van der Waals surface area (Å²) in [7, 11) is -3.18. The first-order valence-electron chi connectivity index (χ1n) is 8.82. The topological polar surface area (TPSA) is 66.5 Å². The minimum atomic E-state index is -3.18. The molecule has 1 aliphatic heterocycles. The fraction of sp³-hybridized carbons (Fsp3) is 0.611. The van der Waals surface area contributed by atoms with E-state index in [9.17, 15) is 13.2 Å². The second-order valence-electron chi connectivity index (χ2n) is 6.43. The van der Waals surface area contributed by atoms with Crippen LogP contribution in [0.4, 0.5) is 0 Å². The Morgan fingerprint density at radius 2 is 1.88 bits per heavy atom. The Balaban J connectivity index is 1.73. The van der Waals surface area contributed by atoms with Crippen molar-refractivity contribution in [1.29, 1.82) is 0 Å². The van der Waals surface area contributed by atoms with Crippen molar-refractivity contribution in [3.05, 3.63) is 35.9 Å². The lowest BCUT2D eigenvalue weighted by Gasteiger charge is -2.32. The van der Waals surface area contributed by atoms with Gasteiger partial charge in [-0.15, -0.1) is 0 Å². The Morgan fingerprint density at radius 1 is 1.21 bits per heavy atom. The molecule has 1 aromatic rings. The molecule has 0 aromatic heterocycles. The third-order valence-corrected chi connectivity index (χ3v) is 5.95. The third kappa shape index (κ3) is 6.24. The molecule has 1 amide bonds. The summed E-state index contributed by atoms with van der Waals surface area (Å²) in [6.07, 6.45) is 4.21. The van der Waals surface area contributed by atoms with Crippen molar-refractivity contribution in [2.24, 2.45) is 0 Å². The molecule has 1 fully saturated rings. The van der Waals surface area contributed by atoms with Crippen molar-refractivity contribution in [2.75, 3.05) is 18.8 Å². The predicted molar refractivity (Wildman–Crippen MR) is 96.2 cm³/mol. The second-order valence-corrected chi connectivity index (χ2v) is 8.30. The fourth-order valence-electron chi connectivity index (χ4n) is 2.95. The standard InChI is InChI=1S/C18H28N2O3S/c1-2-3-15-24(22,23)19-17-11-13-20(14-12-17)18(21)10-9-16-7-5-4-6-8-16/h4-8,17,19H,2-3,9-15H2,1H3. The van der Waals surface area contributed by atoms with Crippen LogP contribution < -0.4 is 4.72 Å². The summed E-state index contributed by atoms with van der Waals surface area (Å²) in [6.45, 7) is 3.25. The number of hydrogen-bond donors (Lipinski definition) is 1. The summed E-state index contributed by atoms with van der Waals surface area (Å²) in [4.78, 5) is 14.2. The molecule has 0 spiro atoms. The molecule has 0 aliphatic carbocycles. The zero-order valence-corrected chi connectivity index (χ0v) is 15.2. The number of rotatable bonds is 8. The number of sulfonamides is 1. The van der Waals surface area contributed by atoms with Crippen LogP contribution in [0.2, 0.25) is 0 Å². The van der Waals surface area contributed by atoms with Crippen molar-refractivity contribution in [2.45, 2.75) is 51.5 Å². The van der Waals surface area contributed by atoms with Crippen molar-refractivity contribution >= 4 is 15.9 Å². The minimum absolute atomic E-state index is 0.0370. The summed E-state index contributed by atoms with van der Waals surface area (Å²) in [5, 5.41) is 0. The van der Waals surface area contributed by atoms with Crippen molar-refractivity contribution in [3.8, 4) is 0 Å². The van der Waals surface area contributed by atoms with E-state index < -0.39 is 10.0 Å². The smallest absolute Gasteiger partial charge is 0.222 e. The molecule has 0 saturated carbocycles. The van der Waals surface area contributed by atoms with E-state index in [0.29, 0.717) is 38.8 Å². The Labute approximate surface area is 145 Å². The molecule has 0 bridgehead atoms. The van der Waals surface area contributed by atoms with Crippen molar-refractivity contribution in [3.63, 3.8) is 0 Å². The number of carbonyl (C=O) groups is 1. The Bertz CT molecular complexity index is 608. The minimum Gasteiger partial charge on any atom is -0.343 e. The van der Waals surface area contributed by atoms with E-state index in [1.807, 2.05) is 42.2 Å². The van der Waals surface area contributed by atoms with E-state index in [2.05, 4.69) is 4.72 Å². The van der Waals surface area contributed by atoms with E-state index >= 15 is 0 Å². The Morgan fingerprint density at radius 3 is 2.50 bits per heavy atom. The van der Waals surface area contributed by atoms with Gasteiger partial charge in [0.05, 0.1) is 5.75 Å². The molecule has 1 N–H and O–H groups in total. The summed E-state index contributed by atoms with van der Waals surface area (Å²) in [6, 6.07) is 9.96. The number of aryl methyl sites for hydroxylation is 1. The average molecular weight is 353 g/mol. The molecule has 5 nitrogen and oxygen atoms in total. The molecule has 134 valence electrons. The van der Waals surface area contributed by atoms with E-state index in [1.54, 1.807) is 0 Å². The largest absolute Gasteiger partial charge is 0.343 e. The number of nitrogens with zero attached hydrogens (tertiary/aromatic N) is 1. The van der Waals surface area contributed by atoms with Crippen LogP contribution in [-0.2, 0) is 21.2 Å². The number of amides is 1. The number of carbonyl (C=O) groups excluding carboxylic acids is 1. The van der Waals surface area contributed by atoms with Gasteiger partial charge in [0, 0.05) is 25.6 Å². The van der Waals surface area contributed by atoms with Crippen LogP contribution in [0.15, 0.2) is 30.3 Å². The summed E-state index contributed by atoms with van der Waals surface area (Å²) in [5.41, 5.74) is 1.17. The molecule has 1 saturated heterocycles. The molecule has 1 heterocycles. The molecule has 0 atom stereocenters. The summed E-state index contributed by atoms with van der Waals surface area (Å²) < 4.78 is 26.7. The van der Waals surface area contributed by atoms with Crippen LogP contribution in [0.5, 0.6) is 0 Å². The first-order chi connectivity index (χ1) is 11.5. The zero-order chi connectivity index (χ0) is 17.4. The number of hydrogen-bond acceptors (Lipinski definition) is 3. The van der Waals surface area contributed by atoms with E-state index in [1.165, 1.54) is 5.56 Å². The van der Waals surface area contributed by atoms with Gasteiger partial charge in [-0.25, -0.2) is 13.1 Å². The number of benzene rings is 1. The van der Waals surface area contributed by atoms with Gasteiger partial charge < -0.3 is 4.90 Å². The monoisotopic (exact) mass is 352 g/mol. The highest BCUT2D eigenvalue weighted by Crippen LogP contribution is 2.14. The van der Waals surface area contributed by atoms with Crippen LogP contribution >= 0.6 is 0 Å². The van der Waals surface area contributed by atoms with E-state index in [4.69, 9.17) is 0 Å². The van der Waals surface area contributed by atoms with Crippen molar-refractivity contribution < 1.29 is 13.2 Å². The van der Waals surface area contributed by atoms with Crippen LogP contribution in [-0.4, -0.2) is 44.1 Å². The molecule has 1 aliphatic rings. The van der Waals surface area contributed by atoms with E-state index in [-0.39, 0.29) is 17.7 Å². The maximum absolute atomic E-state index is 12.3. The van der Waals surface area contributed by atoms with Gasteiger partial charge in [-0.05, 0) is 31.2 Å². The van der Waals surface area contributed by atoms with Gasteiger partial charge in [0.15, 0.2) is 0 Å². The third-order valence-electron chi connectivity index (χ3n) is 4.43. The lowest BCUT2D eigenvalue weighted by atomic mass is 10.0. The molecule has 0 radical (unpaired) electrons. The molecule has 2 rings (SSSR count). The highest BCUT2D eigenvalue weighted by atomic mass is 32.2. The number of nitrogens with one attached hydrogen (secondary N) is 1. The maximum Gasteiger partial charge on any atom is 0.222 e. The fourth-order valence-corrected chi connectivity index (χ4v) is 4.48. The lowest BCUT2D eigenvalue weighted by Crippen LogP contribution is -2.47. The van der Waals surface area contributed by atoms with Crippen LogP contribution in [0, 0.1) is 0 Å². The number of likely N-dealkylation sites (tertiary alicyclic amines) is 1. The first-order valence-corrected chi connectivity index (χ1v) is 10.5. The van der Waals surface area contributed by atoms with Gasteiger partial charge in [0.2, 0.25) is 15.9 Å². The Hall–Kier alpha value is -1.40. The highest BCUT2D eigenvalue weighted by molar-refractivity contribution is 7.89. The SMILES string of the molecule is CCCCS(=O)(=O)NC1CCN(C(=O)CCc2ccccc2)CC1. The molecular formula is C18H28N2O3S. The second kappa shape index (κ2) is 9.18. The molecule has 0 unspecified atom stereocenters. The zero-order valence-electron chi connectivity index (χ0n) is 14.4. The van der Waals surface area contributed by atoms with Gasteiger partial charge in [-0.3, -0.25) is 4.79 Å². The molecule has 24 heavy (non-hydrogen) atoms. The van der Waals surface area contributed by atoms with Crippen LogP contribution in [0.25, 0.3) is 0 Å². The van der Waals surface area contributed by atoms with Gasteiger partial charge in [0.1, 0.15) is 0 Å². The predicted octanol–water partition coefficient (Wildman–Crippen LogP) is 2.33. The van der Waals surface area contributed by atoms with Gasteiger partial charge in [-0.1, -0.05) is 43.7 Å².